The highest BCUT2D eigenvalue weighted by Crippen LogP contribution is 2.39. The van der Waals surface area contributed by atoms with Gasteiger partial charge in [-0.05, 0) is 49.2 Å². The summed E-state index contributed by atoms with van der Waals surface area (Å²) in [5.41, 5.74) is 2.10. The average Bonchev–Trinajstić information content (AvgIpc) is 3.08. The Morgan fingerprint density at radius 2 is 2.12 bits per heavy atom. The summed E-state index contributed by atoms with van der Waals surface area (Å²) in [7, 11) is 0. The molecule has 1 saturated heterocycles. The molecule has 26 heavy (non-hydrogen) atoms. The van der Waals surface area contributed by atoms with Crippen molar-refractivity contribution in [3.63, 3.8) is 0 Å². The first-order valence-electron chi connectivity index (χ1n) is 8.69. The van der Waals surface area contributed by atoms with Crippen LogP contribution in [0.1, 0.15) is 29.3 Å². The summed E-state index contributed by atoms with van der Waals surface area (Å²) in [6.07, 6.45) is 3.45. The van der Waals surface area contributed by atoms with E-state index in [0.29, 0.717) is 6.54 Å². The predicted molar refractivity (Wildman–Crippen MR) is 105 cm³/mol. The third-order valence-electron chi connectivity index (χ3n) is 5.01. The van der Waals surface area contributed by atoms with E-state index in [9.17, 15) is 9.90 Å². The lowest BCUT2D eigenvalue weighted by molar-refractivity contribution is -0.143. The number of halogens is 1. The van der Waals surface area contributed by atoms with Gasteiger partial charge in [0.05, 0.1) is 21.8 Å². The van der Waals surface area contributed by atoms with Gasteiger partial charge in [0.15, 0.2) is 0 Å². The number of likely N-dealkylation sites (tertiary alicyclic amines) is 1. The molecule has 2 atom stereocenters. The Labute approximate surface area is 161 Å². The van der Waals surface area contributed by atoms with Crippen molar-refractivity contribution >= 4 is 39.8 Å². The zero-order valence-corrected chi connectivity index (χ0v) is 15.7. The number of carbonyl (C=O) groups is 1. The highest BCUT2D eigenvalue weighted by molar-refractivity contribution is 7.16. The maximum absolute atomic E-state index is 11.6. The van der Waals surface area contributed by atoms with Crippen LogP contribution in [0.5, 0.6) is 0 Å². The Kier molecular flexibility index (Phi) is 4.94. The topological polar surface area (TPSA) is 53.4 Å². The first kappa shape index (κ1) is 17.5. The number of aliphatic carboxylic acids is 1. The number of carboxylic acids is 1. The molecule has 3 heterocycles. The summed E-state index contributed by atoms with van der Waals surface area (Å²) in [4.78, 5) is 19.5. The third-order valence-corrected chi connectivity index (χ3v) is 6.29. The van der Waals surface area contributed by atoms with Crippen LogP contribution in [-0.4, -0.2) is 34.0 Å². The normalized spacial score (nSPS) is 19.5. The number of rotatable bonds is 4. The van der Waals surface area contributed by atoms with Gasteiger partial charge >= 0.3 is 5.97 Å². The molecule has 1 aromatic carbocycles. The molecule has 0 spiro atoms. The van der Waals surface area contributed by atoms with E-state index >= 15 is 0 Å². The standard InChI is InChI=1S/C20H19ClN2O2S/c21-18-8-7-17(26-18)19(23-11-3-4-13(12-23)20(24)25)15-9-10-22-16-6-2-1-5-14(15)16/h1-2,5-10,13,19H,3-4,11-12H2,(H,24,25). The molecule has 1 fully saturated rings. The molecule has 134 valence electrons. The SMILES string of the molecule is O=C(O)C1CCCN(C(c2ccc(Cl)s2)c2ccnc3ccccc23)C1. The van der Waals surface area contributed by atoms with Crippen LogP contribution in [0.2, 0.25) is 4.34 Å². The largest absolute Gasteiger partial charge is 0.481 e. The van der Waals surface area contributed by atoms with Gasteiger partial charge in [-0.2, -0.15) is 0 Å². The summed E-state index contributed by atoms with van der Waals surface area (Å²) in [6.45, 7) is 1.42. The lowest BCUT2D eigenvalue weighted by Crippen LogP contribution is -2.41. The smallest absolute Gasteiger partial charge is 0.307 e. The summed E-state index contributed by atoms with van der Waals surface area (Å²) >= 11 is 7.78. The van der Waals surface area contributed by atoms with E-state index in [-0.39, 0.29) is 12.0 Å². The molecule has 2 aromatic heterocycles. The molecule has 1 aliphatic heterocycles. The lowest BCUT2D eigenvalue weighted by Gasteiger charge is -2.37. The average molecular weight is 387 g/mol. The fourth-order valence-electron chi connectivity index (χ4n) is 3.80. The highest BCUT2D eigenvalue weighted by atomic mass is 35.5. The Morgan fingerprint density at radius 1 is 1.27 bits per heavy atom. The van der Waals surface area contributed by atoms with Crippen LogP contribution >= 0.6 is 22.9 Å². The van der Waals surface area contributed by atoms with Gasteiger partial charge in [0.2, 0.25) is 0 Å². The van der Waals surface area contributed by atoms with Gasteiger partial charge in [0.25, 0.3) is 0 Å². The van der Waals surface area contributed by atoms with Crippen molar-refractivity contribution in [2.24, 2.45) is 5.92 Å². The van der Waals surface area contributed by atoms with E-state index in [2.05, 4.69) is 22.0 Å². The van der Waals surface area contributed by atoms with E-state index in [1.165, 1.54) is 0 Å². The molecule has 2 unspecified atom stereocenters. The van der Waals surface area contributed by atoms with Crippen molar-refractivity contribution in [1.82, 2.24) is 9.88 Å². The highest BCUT2D eigenvalue weighted by Gasteiger charge is 2.32. The lowest BCUT2D eigenvalue weighted by atomic mass is 9.93. The fourth-order valence-corrected chi connectivity index (χ4v) is 5.02. The van der Waals surface area contributed by atoms with Crippen LogP contribution in [-0.2, 0) is 4.79 Å². The maximum Gasteiger partial charge on any atom is 0.307 e. The zero-order chi connectivity index (χ0) is 18.1. The van der Waals surface area contributed by atoms with Gasteiger partial charge in [-0.25, -0.2) is 0 Å². The van der Waals surface area contributed by atoms with E-state index in [1.807, 2.05) is 36.5 Å². The minimum absolute atomic E-state index is 0.0115. The molecule has 6 heteroatoms. The van der Waals surface area contributed by atoms with Gasteiger partial charge in [-0.1, -0.05) is 29.8 Å². The summed E-state index contributed by atoms with van der Waals surface area (Å²) in [5.74, 6) is -1.04. The monoisotopic (exact) mass is 386 g/mol. The minimum Gasteiger partial charge on any atom is -0.481 e. The molecule has 0 aliphatic carbocycles. The number of nitrogens with zero attached hydrogens (tertiary/aromatic N) is 2. The first-order chi connectivity index (χ1) is 12.6. The molecule has 4 rings (SSSR count). The number of hydrogen-bond donors (Lipinski definition) is 1. The van der Waals surface area contributed by atoms with Crippen LogP contribution in [0.15, 0.2) is 48.7 Å². The van der Waals surface area contributed by atoms with Gasteiger partial charge in [-0.15, -0.1) is 11.3 Å². The number of aromatic nitrogens is 1. The number of benzene rings is 1. The first-order valence-corrected chi connectivity index (χ1v) is 9.88. The number of pyridine rings is 1. The molecule has 0 bridgehead atoms. The second kappa shape index (κ2) is 7.35. The van der Waals surface area contributed by atoms with E-state index in [4.69, 9.17) is 11.6 Å². The van der Waals surface area contributed by atoms with Gasteiger partial charge < -0.3 is 5.11 Å². The Morgan fingerprint density at radius 3 is 2.88 bits per heavy atom. The zero-order valence-electron chi connectivity index (χ0n) is 14.1. The van der Waals surface area contributed by atoms with Crippen molar-refractivity contribution in [1.29, 1.82) is 0 Å². The summed E-state index contributed by atoms with van der Waals surface area (Å²) in [6, 6.07) is 14.1. The number of para-hydroxylation sites is 1. The van der Waals surface area contributed by atoms with Gasteiger partial charge in [0, 0.05) is 23.0 Å². The van der Waals surface area contributed by atoms with Crippen molar-refractivity contribution in [2.75, 3.05) is 13.1 Å². The van der Waals surface area contributed by atoms with E-state index in [1.54, 1.807) is 11.3 Å². The predicted octanol–water partition coefficient (Wildman–Crippen LogP) is 4.84. The van der Waals surface area contributed by atoms with Crippen molar-refractivity contribution < 1.29 is 9.90 Å². The molecule has 1 aliphatic rings. The Bertz CT molecular complexity index is 937. The van der Waals surface area contributed by atoms with Crippen molar-refractivity contribution in [2.45, 2.75) is 18.9 Å². The molecule has 0 amide bonds. The quantitative estimate of drug-likeness (QED) is 0.697. The Balaban J connectivity index is 1.82. The summed E-state index contributed by atoms with van der Waals surface area (Å²) < 4.78 is 0.746. The molecule has 4 nitrogen and oxygen atoms in total. The molecular formula is C20H19ClN2O2S. The van der Waals surface area contributed by atoms with Crippen LogP contribution in [0.3, 0.4) is 0 Å². The minimum atomic E-state index is -0.711. The molecule has 3 aromatic rings. The summed E-state index contributed by atoms with van der Waals surface area (Å²) in [5, 5.41) is 10.6. The second-order valence-corrected chi connectivity index (χ2v) is 8.38. The maximum atomic E-state index is 11.6. The number of fused-ring (bicyclic) bond motifs is 1. The number of thiophene rings is 1. The van der Waals surface area contributed by atoms with Crippen LogP contribution < -0.4 is 0 Å². The number of carboxylic acid groups (broad SMARTS) is 1. The van der Waals surface area contributed by atoms with Crippen molar-refractivity contribution in [3.8, 4) is 0 Å². The van der Waals surface area contributed by atoms with Crippen LogP contribution in [0.25, 0.3) is 10.9 Å². The third kappa shape index (κ3) is 3.34. The number of hydrogen-bond acceptors (Lipinski definition) is 4. The fraction of sp³-hybridized carbons (Fsp3) is 0.300. The molecule has 0 saturated carbocycles. The van der Waals surface area contributed by atoms with Crippen molar-refractivity contribution in [3.05, 3.63) is 63.4 Å². The molecule has 0 radical (unpaired) electrons. The molecule has 1 N–H and O–H groups in total. The Hall–Kier alpha value is -1.95. The van der Waals surface area contributed by atoms with E-state index < -0.39 is 5.97 Å². The van der Waals surface area contributed by atoms with Gasteiger partial charge in [-0.3, -0.25) is 14.7 Å². The van der Waals surface area contributed by atoms with Crippen LogP contribution in [0, 0.1) is 5.92 Å². The second-order valence-electron chi connectivity index (χ2n) is 6.63. The van der Waals surface area contributed by atoms with Gasteiger partial charge in [0.1, 0.15) is 0 Å². The van der Waals surface area contributed by atoms with Crippen LogP contribution in [0.4, 0.5) is 0 Å². The number of piperidine rings is 1. The molecular weight excluding hydrogens is 368 g/mol. The van der Waals surface area contributed by atoms with E-state index in [0.717, 1.165) is 45.1 Å².